The predicted molar refractivity (Wildman–Crippen MR) is 150 cm³/mol. The maximum Gasteiger partial charge on any atom is 0.323 e. The third-order valence-corrected chi connectivity index (χ3v) is 10.8. The Morgan fingerprint density at radius 2 is 1.95 bits per heavy atom. The molecule has 1 aliphatic carbocycles. The Morgan fingerprint density at radius 3 is 2.78 bits per heavy atom. The van der Waals surface area contributed by atoms with Crippen molar-refractivity contribution in [3.05, 3.63) is 27.3 Å². The first-order chi connectivity index (χ1) is 19.9. The summed E-state index contributed by atoms with van der Waals surface area (Å²) in [5, 5.41) is 14.5. The first-order valence-corrected chi connectivity index (χ1v) is 15.0. The van der Waals surface area contributed by atoms with Crippen LogP contribution in [0.25, 0.3) is 0 Å². The molecule has 0 saturated carbocycles. The lowest BCUT2D eigenvalue weighted by Gasteiger charge is -2.48. The van der Waals surface area contributed by atoms with Crippen LogP contribution in [-0.2, 0) is 24.8 Å². The summed E-state index contributed by atoms with van der Waals surface area (Å²) in [6.45, 7) is 4.20. The Bertz CT molecular complexity index is 1580. The molecule has 0 bridgehead atoms. The van der Waals surface area contributed by atoms with Crippen molar-refractivity contribution in [1.82, 2.24) is 25.0 Å². The molecule has 8 rings (SSSR count). The van der Waals surface area contributed by atoms with E-state index in [2.05, 4.69) is 21.0 Å². The third kappa shape index (κ3) is 3.78. The molecule has 214 valence electrons. The molecule has 14 heteroatoms. The summed E-state index contributed by atoms with van der Waals surface area (Å²) >= 11 is 1.54. The van der Waals surface area contributed by atoms with Crippen LogP contribution in [0.3, 0.4) is 0 Å². The average molecular weight is 579 g/mol. The van der Waals surface area contributed by atoms with E-state index in [-0.39, 0.29) is 17.0 Å². The van der Waals surface area contributed by atoms with E-state index in [1.165, 1.54) is 16.2 Å². The van der Waals surface area contributed by atoms with Crippen molar-refractivity contribution in [2.45, 2.75) is 62.2 Å². The van der Waals surface area contributed by atoms with E-state index < -0.39 is 6.17 Å². The number of anilines is 4. The van der Waals surface area contributed by atoms with Crippen molar-refractivity contribution < 1.29 is 13.7 Å². The monoisotopic (exact) mass is 578 g/mol. The van der Waals surface area contributed by atoms with Crippen LogP contribution in [0.2, 0.25) is 0 Å². The van der Waals surface area contributed by atoms with Gasteiger partial charge in [-0.3, -0.25) is 4.90 Å². The minimum Gasteiger partial charge on any atom is -0.461 e. The van der Waals surface area contributed by atoms with E-state index in [9.17, 15) is 9.65 Å². The number of nitrogens with two attached hydrogens (primary N) is 2. The summed E-state index contributed by atoms with van der Waals surface area (Å²) < 4.78 is 25.9. The molecule has 2 atom stereocenters. The van der Waals surface area contributed by atoms with Crippen LogP contribution in [0.15, 0.2) is 4.52 Å². The molecule has 0 unspecified atom stereocenters. The summed E-state index contributed by atoms with van der Waals surface area (Å²) in [7, 11) is 0. The number of aryl methyl sites for hydroxylation is 1. The SMILES string of the molecule is N#Cc1c(N)sc2c1C1(CC2)CN(c2nc(OC[C@@]34CCCN3C[C@H](F)C4)nc(N3CCc4noc(N)c4C3)n2)C1. The molecule has 4 N–H and O–H groups in total. The van der Waals surface area contributed by atoms with Gasteiger partial charge >= 0.3 is 6.01 Å². The fourth-order valence-electron chi connectivity index (χ4n) is 7.70. The molecule has 3 saturated heterocycles. The summed E-state index contributed by atoms with van der Waals surface area (Å²) in [5.74, 6) is 1.34. The molecule has 5 aliphatic rings. The number of rotatable bonds is 5. The second kappa shape index (κ2) is 8.90. The van der Waals surface area contributed by atoms with E-state index in [0.29, 0.717) is 80.5 Å². The van der Waals surface area contributed by atoms with Gasteiger partial charge in [0.05, 0.1) is 28.9 Å². The number of ether oxygens (including phenoxy) is 1. The highest BCUT2D eigenvalue weighted by atomic mass is 32.1. The molecule has 12 nitrogen and oxygen atoms in total. The maximum atomic E-state index is 14.4. The second-order valence-corrected chi connectivity index (χ2v) is 13.3. The van der Waals surface area contributed by atoms with Crippen molar-refractivity contribution >= 4 is 34.1 Å². The van der Waals surface area contributed by atoms with Crippen LogP contribution < -0.4 is 26.0 Å². The highest BCUT2D eigenvalue weighted by Crippen LogP contribution is 2.52. The van der Waals surface area contributed by atoms with E-state index in [1.807, 2.05) is 4.90 Å². The standard InChI is InChI=1S/C27H31FN10O2S/c28-15-8-27(4-1-6-38(27)10-15)14-39-25-33-23(36-7-3-18-17(11-36)21(30)40-35-18)32-24(34-25)37-12-26(13-37)5-2-19-20(26)16(9-29)22(31)41-19/h15H,1-8,10-14,30-31H2/t15-,27+/m1/s1. The maximum absolute atomic E-state index is 14.4. The molecule has 41 heavy (non-hydrogen) atoms. The number of thiophene rings is 1. The van der Waals surface area contributed by atoms with Crippen LogP contribution in [0.5, 0.6) is 6.01 Å². The van der Waals surface area contributed by atoms with Gasteiger partial charge in [0.15, 0.2) is 0 Å². The van der Waals surface area contributed by atoms with Crippen molar-refractivity contribution in [3.63, 3.8) is 0 Å². The number of nitrogen functional groups attached to an aromatic ring is 2. The highest BCUT2D eigenvalue weighted by molar-refractivity contribution is 7.16. The first-order valence-electron chi connectivity index (χ1n) is 14.2. The molecule has 7 heterocycles. The molecule has 0 amide bonds. The van der Waals surface area contributed by atoms with Gasteiger partial charge in [-0.05, 0) is 37.8 Å². The van der Waals surface area contributed by atoms with Gasteiger partial charge in [0.1, 0.15) is 23.8 Å². The number of fused-ring (bicyclic) bond motifs is 4. The minimum atomic E-state index is -0.835. The molecule has 4 aliphatic heterocycles. The largest absolute Gasteiger partial charge is 0.461 e. The van der Waals surface area contributed by atoms with Crippen molar-refractivity contribution in [2.75, 3.05) is 60.6 Å². The fraction of sp³-hybridized carbons (Fsp3) is 0.593. The molecule has 1 spiro atoms. The van der Waals surface area contributed by atoms with Gasteiger partial charge < -0.3 is 30.5 Å². The van der Waals surface area contributed by atoms with E-state index in [1.54, 1.807) is 0 Å². The zero-order valence-electron chi connectivity index (χ0n) is 22.6. The lowest BCUT2D eigenvalue weighted by Crippen LogP contribution is -2.59. The van der Waals surface area contributed by atoms with E-state index in [4.69, 9.17) is 35.7 Å². The minimum absolute atomic E-state index is 0.122. The van der Waals surface area contributed by atoms with Crippen LogP contribution in [-0.4, -0.2) is 76.0 Å². The smallest absolute Gasteiger partial charge is 0.323 e. The molecule has 0 radical (unpaired) electrons. The van der Waals surface area contributed by atoms with Gasteiger partial charge in [0, 0.05) is 49.3 Å². The number of hydrogen-bond acceptors (Lipinski definition) is 13. The summed E-state index contributed by atoms with van der Waals surface area (Å²) in [6, 6.07) is 2.57. The van der Waals surface area contributed by atoms with Crippen molar-refractivity contribution in [3.8, 4) is 12.1 Å². The third-order valence-electron chi connectivity index (χ3n) is 9.72. The van der Waals surface area contributed by atoms with Gasteiger partial charge in [-0.1, -0.05) is 5.16 Å². The number of aromatic nitrogens is 4. The Kier molecular flexibility index (Phi) is 5.44. The topological polar surface area (TPSA) is 159 Å². The van der Waals surface area contributed by atoms with E-state index >= 15 is 0 Å². The summed E-state index contributed by atoms with van der Waals surface area (Å²) in [5.41, 5.74) is 15.2. The van der Waals surface area contributed by atoms with Crippen LogP contribution in [0, 0.1) is 11.3 Å². The fourth-order valence-corrected chi connectivity index (χ4v) is 8.84. The number of alkyl halides is 1. The predicted octanol–water partition coefficient (Wildman–Crippen LogP) is 2.18. The molecule has 0 aromatic carbocycles. The Labute approximate surface area is 240 Å². The second-order valence-electron chi connectivity index (χ2n) is 12.1. The molecule has 3 aromatic heterocycles. The summed E-state index contributed by atoms with van der Waals surface area (Å²) in [4.78, 5) is 22.0. The van der Waals surface area contributed by atoms with Gasteiger partial charge in [-0.15, -0.1) is 11.3 Å². The summed E-state index contributed by atoms with van der Waals surface area (Å²) in [6.07, 6.45) is 4.15. The molecule has 3 fully saturated rings. The molecular formula is C27H31FN10O2S. The number of hydrogen-bond donors (Lipinski definition) is 2. The zero-order valence-corrected chi connectivity index (χ0v) is 23.4. The average Bonchev–Trinajstić information content (AvgIpc) is 3.73. The van der Waals surface area contributed by atoms with E-state index in [0.717, 1.165) is 49.0 Å². The number of nitrogens with zero attached hydrogens (tertiary/aromatic N) is 8. The Morgan fingerprint density at radius 1 is 1.12 bits per heavy atom. The first kappa shape index (κ1) is 25.0. The van der Waals surface area contributed by atoms with Crippen molar-refractivity contribution in [1.29, 1.82) is 5.26 Å². The molecule has 3 aromatic rings. The van der Waals surface area contributed by atoms with Crippen LogP contribution in [0.4, 0.5) is 27.2 Å². The lowest BCUT2D eigenvalue weighted by molar-refractivity contribution is 0.107. The highest BCUT2D eigenvalue weighted by Gasteiger charge is 2.52. The zero-order chi connectivity index (χ0) is 27.9. The Hall–Kier alpha value is -3.70. The van der Waals surface area contributed by atoms with Gasteiger partial charge in [-0.2, -0.15) is 20.2 Å². The normalized spacial score (nSPS) is 26.1. The number of halogens is 1. The van der Waals surface area contributed by atoms with Gasteiger partial charge in [-0.25, -0.2) is 4.39 Å². The van der Waals surface area contributed by atoms with Crippen molar-refractivity contribution in [2.24, 2.45) is 0 Å². The van der Waals surface area contributed by atoms with Gasteiger partial charge in [0.25, 0.3) is 0 Å². The lowest BCUT2D eigenvalue weighted by atomic mass is 9.74. The number of nitriles is 1. The van der Waals surface area contributed by atoms with Gasteiger partial charge in [0.2, 0.25) is 17.8 Å². The van der Waals surface area contributed by atoms with Crippen LogP contribution >= 0.6 is 11.3 Å². The van der Waals surface area contributed by atoms with Crippen LogP contribution in [0.1, 0.15) is 52.9 Å². The quantitative estimate of drug-likeness (QED) is 0.455. The molecular weight excluding hydrogens is 547 g/mol. The Balaban J connectivity index is 1.09.